The topological polar surface area (TPSA) is 66.5 Å². The molecule has 0 aliphatic carbocycles. The molecule has 1 amide bonds. The first kappa shape index (κ1) is 28.1. The van der Waals surface area contributed by atoms with Gasteiger partial charge in [0.2, 0.25) is 5.91 Å². The van der Waals surface area contributed by atoms with Gasteiger partial charge >= 0.3 is 0 Å². The van der Waals surface area contributed by atoms with Crippen molar-refractivity contribution in [3.05, 3.63) is 94.5 Å². The van der Waals surface area contributed by atoms with Crippen LogP contribution in [0.4, 0.5) is 5.69 Å². The number of benzene rings is 3. The van der Waals surface area contributed by atoms with Gasteiger partial charge in [0.05, 0.1) is 10.6 Å². The Morgan fingerprint density at radius 3 is 2.36 bits per heavy atom. The SMILES string of the molecule is Cc1ccc(S(=O)(=O)N(CC(=O)NCCCSCc2cccc(Cl)c2)c2ccc(C(C)C)cc2)cc1. The first-order valence-electron chi connectivity index (χ1n) is 11.9. The maximum Gasteiger partial charge on any atom is 0.264 e. The van der Waals surface area contributed by atoms with Crippen molar-refractivity contribution in [2.45, 2.75) is 43.8 Å². The molecule has 0 heterocycles. The van der Waals surface area contributed by atoms with Crippen molar-refractivity contribution in [1.29, 1.82) is 0 Å². The summed E-state index contributed by atoms with van der Waals surface area (Å²) in [5.74, 6) is 1.71. The molecular weight excluding hydrogens is 512 g/mol. The van der Waals surface area contributed by atoms with Gasteiger partial charge in [-0.15, -0.1) is 0 Å². The van der Waals surface area contributed by atoms with Gasteiger partial charge in [0.25, 0.3) is 10.0 Å². The van der Waals surface area contributed by atoms with Crippen molar-refractivity contribution in [2.75, 3.05) is 23.1 Å². The summed E-state index contributed by atoms with van der Waals surface area (Å²) in [4.78, 5) is 12.9. The number of nitrogens with one attached hydrogen (secondary N) is 1. The predicted molar refractivity (Wildman–Crippen MR) is 151 cm³/mol. The molecule has 0 saturated carbocycles. The molecule has 0 radical (unpaired) electrons. The highest BCUT2D eigenvalue weighted by Gasteiger charge is 2.27. The number of anilines is 1. The van der Waals surface area contributed by atoms with Crippen LogP contribution in [0.1, 0.15) is 42.9 Å². The van der Waals surface area contributed by atoms with Crippen LogP contribution in [-0.2, 0) is 20.6 Å². The molecular formula is C28H33ClN2O3S2. The molecule has 0 aromatic heterocycles. The zero-order valence-electron chi connectivity index (χ0n) is 20.9. The number of halogens is 1. The fourth-order valence-electron chi connectivity index (χ4n) is 3.58. The van der Waals surface area contributed by atoms with E-state index in [4.69, 9.17) is 11.6 Å². The Hall–Kier alpha value is -2.48. The van der Waals surface area contributed by atoms with Crippen LogP contribution in [0.2, 0.25) is 5.02 Å². The second kappa shape index (κ2) is 13.2. The summed E-state index contributed by atoms with van der Waals surface area (Å²) < 4.78 is 28.2. The minimum Gasteiger partial charge on any atom is -0.354 e. The highest BCUT2D eigenvalue weighted by Crippen LogP contribution is 2.26. The second-order valence-corrected chi connectivity index (χ2v) is 12.4. The number of carbonyl (C=O) groups excluding carboxylic acids is 1. The zero-order chi connectivity index (χ0) is 26.1. The average molecular weight is 545 g/mol. The number of hydrogen-bond acceptors (Lipinski definition) is 4. The molecule has 0 unspecified atom stereocenters. The third-order valence-electron chi connectivity index (χ3n) is 5.69. The summed E-state index contributed by atoms with van der Waals surface area (Å²) in [5.41, 5.74) is 3.70. The van der Waals surface area contributed by atoms with Crippen LogP contribution in [0.3, 0.4) is 0 Å². The van der Waals surface area contributed by atoms with Gasteiger partial charge in [-0.3, -0.25) is 9.10 Å². The standard InChI is InChI=1S/C28H33ClN2O3S2/c1-21(2)24-10-12-26(13-11-24)31(36(33,34)27-14-8-22(3)9-15-27)19-28(32)30-16-5-17-35-20-23-6-4-7-25(29)18-23/h4,6-15,18,21H,5,16-17,19-20H2,1-3H3,(H,30,32). The van der Waals surface area contributed by atoms with Crippen LogP contribution in [0.5, 0.6) is 0 Å². The van der Waals surface area contributed by atoms with E-state index >= 15 is 0 Å². The van der Waals surface area contributed by atoms with E-state index in [-0.39, 0.29) is 17.3 Å². The third-order valence-corrected chi connectivity index (χ3v) is 8.83. The molecule has 0 spiro atoms. The van der Waals surface area contributed by atoms with Crippen LogP contribution >= 0.6 is 23.4 Å². The van der Waals surface area contributed by atoms with Gasteiger partial charge in [0.15, 0.2) is 0 Å². The number of rotatable bonds is 12. The van der Waals surface area contributed by atoms with Crippen LogP contribution in [0, 0.1) is 6.92 Å². The quantitative estimate of drug-likeness (QED) is 0.268. The van der Waals surface area contributed by atoms with Crippen molar-refractivity contribution in [3.8, 4) is 0 Å². The molecule has 8 heteroatoms. The van der Waals surface area contributed by atoms with Gasteiger partial charge in [-0.05, 0) is 72.5 Å². The monoisotopic (exact) mass is 544 g/mol. The minimum absolute atomic E-state index is 0.159. The molecule has 0 aliphatic heterocycles. The highest BCUT2D eigenvalue weighted by molar-refractivity contribution is 7.98. The lowest BCUT2D eigenvalue weighted by Crippen LogP contribution is -2.41. The van der Waals surface area contributed by atoms with E-state index in [0.717, 1.165) is 39.6 Å². The van der Waals surface area contributed by atoms with Gasteiger partial charge in [-0.1, -0.05) is 67.4 Å². The smallest absolute Gasteiger partial charge is 0.264 e. The molecule has 3 aromatic carbocycles. The number of aryl methyl sites for hydroxylation is 1. The fraction of sp³-hybridized carbons (Fsp3) is 0.321. The Balaban J connectivity index is 1.62. The van der Waals surface area contributed by atoms with Crippen molar-refractivity contribution >= 4 is 45.0 Å². The Bertz CT molecular complexity index is 1240. The number of carbonyl (C=O) groups is 1. The van der Waals surface area contributed by atoms with E-state index in [0.29, 0.717) is 18.2 Å². The molecule has 0 fully saturated rings. The van der Waals surface area contributed by atoms with Crippen LogP contribution < -0.4 is 9.62 Å². The lowest BCUT2D eigenvalue weighted by Gasteiger charge is -2.24. The number of hydrogen-bond donors (Lipinski definition) is 1. The Labute approximate surface area is 224 Å². The van der Waals surface area contributed by atoms with E-state index in [2.05, 4.69) is 19.2 Å². The zero-order valence-corrected chi connectivity index (χ0v) is 23.3. The summed E-state index contributed by atoms with van der Waals surface area (Å²) >= 11 is 7.79. The van der Waals surface area contributed by atoms with E-state index < -0.39 is 10.0 Å². The molecule has 0 aliphatic rings. The highest BCUT2D eigenvalue weighted by atomic mass is 35.5. The van der Waals surface area contributed by atoms with Crippen LogP contribution in [0.15, 0.2) is 77.7 Å². The van der Waals surface area contributed by atoms with E-state index in [1.807, 2.05) is 43.3 Å². The largest absolute Gasteiger partial charge is 0.354 e. The average Bonchev–Trinajstić information content (AvgIpc) is 2.85. The first-order valence-corrected chi connectivity index (χ1v) is 14.9. The summed E-state index contributed by atoms with van der Waals surface area (Å²) in [6.45, 7) is 6.26. The molecule has 0 bridgehead atoms. The van der Waals surface area contributed by atoms with Gasteiger partial charge in [-0.2, -0.15) is 11.8 Å². The molecule has 3 rings (SSSR count). The van der Waals surface area contributed by atoms with Gasteiger partial charge in [-0.25, -0.2) is 8.42 Å². The van der Waals surface area contributed by atoms with E-state index in [1.165, 1.54) is 4.31 Å². The predicted octanol–water partition coefficient (Wildman–Crippen LogP) is 6.41. The van der Waals surface area contributed by atoms with E-state index in [9.17, 15) is 13.2 Å². The van der Waals surface area contributed by atoms with Crippen LogP contribution in [0.25, 0.3) is 0 Å². The Kier molecular flexibility index (Phi) is 10.3. The molecule has 1 N–H and O–H groups in total. The maximum atomic E-state index is 13.5. The molecule has 36 heavy (non-hydrogen) atoms. The normalized spacial score (nSPS) is 11.5. The minimum atomic E-state index is -3.91. The molecule has 3 aromatic rings. The van der Waals surface area contributed by atoms with Gasteiger partial charge in [0.1, 0.15) is 6.54 Å². The fourth-order valence-corrected chi connectivity index (χ4v) is 6.13. The summed E-state index contributed by atoms with van der Waals surface area (Å²) in [6.07, 6.45) is 0.783. The van der Waals surface area contributed by atoms with E-state index in [1.54, 1.807) is 48.2 Å². The van der Waals surface area contributed by atoms with Crippen LogP contribution in [-0.4, -0.2) is 33.2 Å². The number of nitrogens with zero attached hydrogens (tertiary/aromatic N) is 1. The summed E-state index contributed by atoms with van der Waals surface area (Å²) in [7, 11) is -3.91. The molecule has 0 atom stereocenters. The lowest BCUT2D eigenvalue weighted by molar-refractivity contribution is -0.119. The molecule has 5 nitrogen and oxygen atoms in total. The van der Waals surface area contributed by atoms with Gasteiger partial charge < -0.3 is 5.32 Å². The number of amides is 1. The third kappa shape index (κ3) is 8.02. The van der Waals surface area contributed by atoms with Gasteiger partial charge in [0, 0.05) is 17.3 Å². The van der Waals surface area contributed by atoms with Crippen molar-refractivity contribution in [3.63, 3.8) is 0 Å². The van der Waals surface area contributed by atoms with Crippen molar-refractivity contribution in [1.82, 2.24) is 5.32 Å². The van der Waals surface area contributed by atoms with Crippen molar-refractivity contribution in [2.24, 2.45) is 0 Å². The maximum absolute atomic E-state index is 13.5. The lowest BCUT2D eigenvalue weighted by atomic mass is 10.0. The Morgan fingerprint density at radius 2 is 1.72 bits per heavy atom. The molecule has 192 valence electrons. The number of thioether (sulfide) groups is 1. The summed E-state index contributed by atoms with van der Waals surface area (Å²) in [5, 5.41) is 3.60. The Morgan fingerprint density at radius 1 is 1.03 bits per heavy atom. The summed E-state index contributed by atoms with van der Waals surface area (Å²) in [6, 6.07) is 21.8. The van der Waals surface area contributed by atoms with Crippen molar-refractivity contribution < 1.29 is 13.2 Å². The molecule has 0 saturated heterocycles. The first-order chi connectivity index (χ1) is 17.2. The number of sulfonamides is 1. The second-order valence-electron chi connectivity index (χ2n) is 8.96.